The van der Waals surface area contributed by atoms with E-state index in [-0.39, 0.29) is 47.2 Å². The summed E-state index contributed by atoms with van der Waals surface area (Å²) in [5, 5.41) is 6.18. The Labute approximate surface area is 459 Å². The van der Waals surface area contributed by atoms with Crippen LogP contribution in [0.3, 0.4) is 0 Å². The highest BCUT2D eigenvalue weighted by atomic mass is 16.5. The van der Waals surface area contributed by atoms with Crippen LogP contribution < -0.4 is 10.6 Å². The normalized spacial score (nSPS) is 13.1. The van der Waals surface area contributed by atoms with E-state index in [2.05, 4.69) is 75.8 Å². The number of carbonyl (C=O) groups excluding carboxylic acids is 4. The van der Waals surface area contributed by atoms with Gasteiger partial charge in [-0.3, -0.25) is 19.2 Å². The third-order valence-corrected chi connectivity index (χ3v) is 15.6. The number of hydrogen-bond donors (Lipinski definition) is 2. The minimum atomic E-state index is -0.528. The van der Waals surface area contributed by atoms with Crippen molar-refractivity contribution in [1.29, 1.82) is 0 Å². The zero-order valence-electron chi connectivity index (χ0n) is 50.8. The maximum Gasteiger partial charge on any atom is 0.243 e. The zero-order chi connectivity index (χ0) is 54.9. The molecule has 74 heavy (non-hydrogen) atoms. The topological polar surface area (TPSA) is 121 Å². The molecule has 0 bridgehead atoms. The minimum Gasteiger partial charge on any atom is -0.377 e. The molecule has 0 aromatic rings. The highest BCUT2D eigenvalue weighted by molar-refractivity contribution is 5.89. The molecule has 2 N–H and O–H groups in total. The van der Waals surface area contributed by atoms with Gasteiger partial charge in [-0.2, -0.15) is 0 Å². The lowest BCUT2D eigenvalue weighted by Gasteiger charge is -2.34. The van der Waals surface area contributed by atoms with Gasteiger partial charge in [-0.25, -0.2) is 0 Å². The van der Waals surface area contributed by atoms with Gasteiger partial charge in [-0.1, -0.05) is 223 Å². The van der Waals surface area contributed by atoms with Gasteiger partial charge in [0.15, 0.2) is 0 Å². The molecular formula is C63H125N5O6. The molecule has 3 amide bonds. The molecule has 0 aliphatic heterocycles. The SMILES string of the molecule is CCCCCCCCCCCCCCCC(=O)C(CCCN(CC)CC)C(C(=O)NCCOCCOCCNC(=O)C(C(C)C)N(CCCN(CC)CC)C(=O)CCCCCCCCCCCCCCC)C(C)C. The molecule has 0 saturated heterocycles. The molecule has 0 aromatic heterocycles. The summed E-state index contributed by atoms with van der Waals surface area (Å²) in [4.78, 5) is 61.9. The molecule has 0 rings (SSSR count). The molecule has 3 unspecified atom stereocenters. The summed E-state index contributed by atoms with van der Waals surface area (Å²) in [6.07, 6.45) is 36.6. The van der Waals surface area contributed by atoms with E-state index in [1.807, 2.05) is 18.7 Å². The van der Waals surface area contributed by atoms with E-state index >= 15 is 0 Å². The number of Topliss-reactive ketones (excluding diaryl/α,β-unsaturated/α-hetero) is 1. The molecular weight excluding hydrogens is 923 g/mol. The molecule has 0 saturated carbocycles. The summed E-state index contributed by atoms with van der Waals surface area (Å²) >= 11 is 0. The molecule has 3 atom stereocenters. The molecule has 11 heteroatoms. The first-order valence-corrected chi connectivity index (χ1v) is 31.9. The molecule has 11 nitrogen and oxygen atoms in total. The van der Waals surface area contributed by atoms with Gasteiger partial charge in [-0.15, -0.1) is 0 Å². The summed E-state index contributed by atoms with van der Waals surface area (Å²) in [7, 11) is 0. The van der Waals surface area contributed by atoms with Crippen molar-refractivity contribution < 1.29 is 28.7 Å². The van der Waals surface area contributed by atoms with Gasteiger partial charge in [0.1, 0.15) is 11.8 Å². The Hall–Kier alpha value is -2.08. The zero-order valence-corrected chi connectivity index (χ0v) is 50.8. The predicted octanol–water partition coefficient (Wildman–Crippen LogP) is 14.4. The van der Waals surface area contributed by atoms with E-state index in [1.165, 1.54) is 141 Å². The summed E-state index contributed by atoms with van der Waals surface area (Å²) in [5.41, 5.74) is 0. The smallest absolute Gasteiger partial charge is 0.243 e. The summed E-state index contributed by atoms with van der Waals surface area (Å²) in [6, 6.07) is -0.528. The Morgan fingerprint density at radius 2 is 0.784 bits per heavy atom. The Morgan fingerprint density at radius 3 is 1.18 bits per heavy atom. The van der Waals surface area contributed by atoms with Crippen molar-refractivity contribution in [1.82, 2.24) is 25.3 Å². The van der Waals surface area contributed by atoms with Crippen molar-refractivity contribution in [2.45, 2.75) is 274 Å². The van der Waals surface area contributed by atoms with Crippen LogP contribution >= 0.6 is 0 Å². The maximum absolute atomic E-state index is 13.9. The Bertz CT molecular complexity index is 1200. The number of nitrogens with zero attached hydrogens (tertiary/aromatic N) is 3. The van der Waals surface area contributed by atoms with Crippen LogP contribution in [-0.4, -0.2) is 130 Å². The Balaban J connectivity index is 4.95. The number of unbranched alkanes of at least 4 members (excludes halogenated alkanes) is 24. The molecule has 0 aromatic carbocycles. The van der Waals surface area contributed by atoms with Crippen LogP contribution in [0.2, 0.25) is 0 Å². The highest BCUT2D eigenvalue weighted by Gasteiger charge is 2.35. The number of rotatable bonds is 56. The maximum atomic E-state index is 13.9. The molecule has 0 aliphatic carbocycles. The van der Waals surface area contributed by atoms with Crippen molar-refractivity contribution in [3.63, 3.8) is 0 Å². The van der Waals surface area contributed by atoms with E-state index in [9.17, 15) is 19.2 Å². The predicted molar refractivity (Wildman–Crippen MR) is 315 cm³/mol. The molecule has 0 radical (unpaired) electrons. The lowest BCUT2D eigenvalue weighted by Crippen LogP contribution is -2.53. The third-order valence-electron chi connectivity index (χ3n) is 15.6. The van der Waals surface area contributed by atoms with Crippen molar-refractivity contribution in [2.75, 3.05) is 85.3 Å². The largest absolute Gasteiger partial charge is 0.377 e. The fraction of sp³-hybridized carbons (Fsp3) is 0.937. The van der Waals surface area contributed by atoms with Crippen LogP contribution in [0.15, 0.2) is 0 Å². The van der Waals surface area contributed by atoms with Gasteiger partial charge in [0.25, 0.3) is 0 Å². The molecule has 0 aliphatic rings. The average Bonchev–Trinajstić information content (AvgIpc) is 3.38. The molecule has 438 valence electrons. The van der Waals surface area contributed by atoms with Gasteiger partial charge < -0.3 is 34.8 Å². The number of amides is 3. The highest BCUT2D eigenvalue weighted by Crippen LogP contribution is 2.29. The third kappa shape index (κ3) is 38.5. The van der Waals surface area contributed by atoms with Crippen molar-refractivity contribution in [3.8, 4) is 0 Å². The lowest BCUT2D eigenvalue weighted by atomic mass is 9.76. The van der Waals surface area contributed by atoms with E-state index < -0.39 is 6.04 Å². The van der Waals surface area contributed by atoms with Crippen LogP contribution in [0, 0.1) is 23.7 Å². The second-order valence-electron chi connectivity index (χ2n) is 22.5. The van der Waals surface area contributed by atoms with Gasteiger partial charge in [0.05, 0.1) is 26.4 Å². The summed E-state index contributed by atoms with van der Waals surface area (Å²) in [5.74, 6) is -0.449. The first-order chi connectivity index (χ1) is 35.9. The standard InChI is InChI=1S/C63H125N5O6/c1-11-17-19-21-23-25-27-29-31-33-35-37-39-44-58(69)57(43-41-48-66(13-3)14-4)60(55(7)8)62(71)64-46-51-73-53-54-74-52-47-65-63(72)61(56(9)10)68(50-42-49-67(15-5)16-6)59(70)45-40-38-36-34-32-30-28-26-24-22-20-18-12-2/h55-57,60-61H,11-54H2,1-10H3,(H,64,71)(H,65,72). The first kappa shape index (κ1) is 71.9. The molecule has 0 spiro atoms. The van der Waals surface area contributed by atoms with E-state index in [4.69, 9.17) is 9.47 Å². The van der Waals surface area contributed by atoms with Gasteiger partial charge in [0, 0.05) is 44.3 Å². The number of hydrogen-bond acceptors (Lipinski definition) is 8. The number of carbonyl (C=O) groups is 4. The van der Waals surface area contributed by atoms with E-state index in [0.29, 0.717) is 58.9 Å². The number of nitrogens with one attached hydrogen (secondary N) is 2. The van der Waals surface area contributed by atoms with E-state index in [0.717, 1.165) is 84.2 Å². The monoisotopic (exact) mass is 1050 g/mol. The first-order valence-electron chi connectivity index (χ1n) is 31.9. The fourth-order valence-electron chi connectivity index (χ4n) is 10.8. The Kier molecular flexibility index (Phi) is 50.2. The molecule has 0 heterocycles. The van der Waals surface area contributed by atoms with Crippen molar-refractivity contribution in [3.05, 3.63) is 0 Å². The number of ether oxygens (including phenoxy) is 2. The second kappa shape index (κ2) is 51.7. The quantitative estimate of drug-likeness (QED) is 0.0578. The average molecular weight is 1050 g/mol. The van der Waals surface area contributed by atoms with Crippen LogP contribution in [0.4, 0.5) is 0 Å². The fourth-order valence-corrected chi connectivity index (χ4v) is 10.8. The Morgan fingerprint density at radius 1 is 0.405 bits per heavy atom. The van der Waals surface area contributed by atoms with Crippen molar-refractivity contribution >= 4 is 23.5 Å². The summed E-state index contributed by atoms with van der Waals surface area (Å²) in [6.45, 7) is 29.9. The van der Waals surface area contributed by atoms with Crippen LogP contribution in [-0.2, 0) is 28.7 Å². The lowest BCUT2D eigenvalue weighted by molar-refractivity contribution is -0.142. The van der Waals surface area contributed by atoms with Gasteiger partial charge in [0.2, 0.25) is 17.7 Å². The number of ketones is 1. The van der Waals surface area contributed by atoms with Crippen LogP contribution in [0.5, 0.6) is 0 Å². The van der Waals surface area contributed by atoms with Gasteiger partial charge in [-0.05, 0) is 83.2 Å². The second-order valence-corrected chi connectivity index (χ2v) is 22.5. The van der Waals surface area contributed by atoms with Crippen LogP contribution in [0.25, 0.3) is 0 Å². The molecule has 0 fully saturated rings. The van der Waals surface area contributed by atoms with E-state index in [1.54, 1.807) is 0 Å². The van der Waals surface area contributed by atoms with Crippen molar-refractivity contribution in [2.24, 2.45) is 23.7 Å². The summed E-state index contributed by atoms with van der Waals surface area (Å²) < 4.78 is 11.7. The minimum absolute atomic E-state index is 0.0254. The van der Waals surface area contributed by atoms with Crippen LogP contribution in [0.1, 0.15) is 268 Å². The van der Waals surface area contributed by atoms with Gasteiger partial charge >= 0.3 is 0 Å².